The van der Waals surface area contributed by atoms with Crippen LogP contribution in [0.15, 0.2) is 89.9 Å². The molecule has 4 rings (SSSR count). The van der Waals surface area contributed by atoms with Crippen molar-refractivity contribution < 1.29 is 14.4 Å². The largest absolute Gasteiger partial charge is 0.360 e. The quantitative estimate of drug-likeness (QED) is 0.304. The van der Waals surface area contributed by atoms with Crippen LogP contribution in [0.25, 0.3) is 10.9 Å². The highest BCUT2D eigenvalue weighted by molar-refractivity contribution is 6.02. The summed E-state index contributed by atoms with van der Waals surface area (Å²) in [6.45, 7) is -0.336. The summed E-state index contributed by atoms with van der Waals surface area (Å²) in [5.74, 6) is -1.15. The van der Waals surface area contributed by atoms with E-state index < -0.39 is 23.3 Å². The fourth-order valence-electron chi connectivity index (χ4n) is 3.29. The van der Waals surface area contributed by atoms with Gasteiger partial charge in [-0.1, -0.05) is 36.4 Å². The molecule has 1 aromatic heterocycles. The Bertz CT molecular complexity index is 1420. The van der Waals surface area contributed by atoms with Crippen LogP contribution in [0.2, 0.25) is 0 Å². The summed E-state index contributed by atoms with van der Waals surface area (Å²) in [5.41, 5.74) is 1.67. The Kier molecular flexibility index (Phi) is 6.64. The first kappa shape index (κ1) is 22.3. The molecule has 0 unspecified atom stereocenters. The number of nitrogens with one attached hydrogen (secondary N) is 5. The van der Waals surface area contributed by atoms with Crippen molar-refractivity contribution in [1.82, 2.24) is 10.3 Å². The molecule has 9 nitrogen and oxygen atoms in total. The molecule has 0 fully saturated rings. The lowest BCUT2D eigenvalue weighted by Gasteiger charge is -2.10. The zero-order valence-electron chi connectivity index (χ0n) is 17.9. The number of anilines is 3. The lowest BCUT2D eigenvalue weighted by Crippen LogP contribution is -2.35. The normalized spacial score (nSPS) is 10.4. The van der Waals surface area contributed by atoms with Crippen molar-refractivity contribution in [2.24, 2.45) is 0 Å². The Labute approximate surface area is 194 Å². The number of hydrogen-bond donors (Lipinski definition) is 5. The standard InChI is InChI=1S/C25H21N5O4/c31-22(15-27-24(33)20-14-26-21-12-5-4-11-19(21)23(20)32)28-17-9-6-10-18(13-17)30-25(34)29-16-7-2-1-3-8-16/h1-14H,15H2,(H,26,32)(H,27,33)(H,28,31)(H2,29,30,34). The fourth-order valence-corrected chi connectivity index (χ4v) is 3.29. The second kappa shape index (κ2) is 10.1. The number of H-pyrrole nitrogens is 1. The molecule has 0 saturated carbocycles. The van der Waals surface area contributed by atoms with E-state index in [1.54, 1.807) is 72.8 Å². The molecule has 0 saturated heterocycles. The van der Waals surface area contributed by atoms with Crippen molar-refractivity contribution in [3.8, 4) is 0 Å². The van der Waals surface area contributed by atoms with E-state index >= 15 is 0 Å². The number of benzene rings is 3. The third-order valence-corrected chi connectivity index (χ3v) is 4.88. The van der Waals surface area contributed by atoms with Gasteiger partial charge in [-0.3, -0.25) is 14.4 Å². The van der Waals surface area contributed by atoms with Crippen LogP contribution < -0.4 is 26.7 Å². The van der Waals surface area contributed by atoms with Gasteiger partial charge in [-0.05, 0) is 42.5 Å². The molecule has 0 aliphatic carbocycles. The van der Waals surface area contributed by atoms with Crippen LogP contribution in [0.3, 0.4) is 0 Å². The summed E-state index contributed by atoms with van der Waals surface area (Å²) < 4.78 is 0. The van der Waals surface area contributed by atoms with Crippen molar-refractivity contribution in [3.05, 3.63) is 101 Å². The molecule has 34 heavy (non-hydrogen) atoms. The zero-order chi connectivity index (χ0) is 23.9. The highest BCUT2D eigenvalue weighted by atomic mass is 16.2. The summed E-state index contributed by atoms with van der Waals surface area (Å²) >= 11 is 0. The molecule has 4 aromatic rings. The van der Waals surface area contributed by atoms with Gasteiger partial charge in [0.25, 0.3) is 5.91 Å². The number of carbonyl (C=O) groups excluding carboxylic acids is 3. The first-order valence-corrected chi connectivity index (χ1v) is 10.4. The molecule has 0 atom stereocenters. The highest BCUT2D eigenvalue weighted by Gasteiger charge is 2.14. The lowest BCUT2D eigenvalue weighted by atomic mass is 10.1. The maximum Gasteiger partial charge on any atom is 0.323 e. The maximum atomic E-state index is 12.5. The minimum Gasteiger partial charge on any atom is -0.360 e. The number of amides is 4. The molecule has 0 aliphatic heterocycles. The van der Waals surface area contributed by atoms with Crippen LogP contribution >= 0.6 is 0 Å². The second-order valence-electron chi connectivity index (χ2n) is 7.33. The summed E-state index contributed by atoms with van der Waals surface area (Å²) in [7, 11) is 0. The number of fused-ring (bicyclic) bond motifs is 1. The Morgan fingerprint density at radius 2 is 1.38 bits per heavy atom. The molecule has 4 amide bonds. The average molecular weight is 455 g/mol. The maximum absolute atomic E-state index is 12.5. The molecule has 1 heterocycles. The predicted octanol–water partition coefficient (Wildman–Crippen LogP) is 3.54. The van der Waals surface area contributed by atoms with Gasteiger partial charge in [-0.25, -0.2) is 4.79 Å². The molecule has 5 N–H and O–H groups in total. The van der Waals surface area contributed by atoms with Crippen LogP contribution in [0.4, 0.5) is 21.9 Å². The minimum absolute atomic E-state index is 0.0814. The summed E-state index contributed by atoms with van der Waals surface area (Å²) in [5, 5.41) is 10.9. The number of carbonyl (C=O) groups is 3. The van der Waals surface area contributed by atoms with Crippen molar-refractivity contribution in [1.29, 1.82) is 0 Å². The Morgan fingerprint density at radius 1 is 0.735 bits per heavy atom. The van der Waals surface area contributed by atoms with E-state index in [0.717, 1.165) is 0 Å². The van der Waals surface area contributed by atoms with E-state index in [2.05, 4.69) is 26.3 Å². The van der Waals surface area contributed by atoms with Crippen LogP contribution in [0, 0.1) is 0 Å². The van der Waals surface area contributed by atoms with Gasteiger partial charge < -0.3 is 26.3 Å². The third-order valence-electron chi connectivity index (χ3n) is 4.88. The van der Waals surface area contributed by atoms with Crippen LogP contribution in [-0.2, 0) is 4.79 Å². The van der Waals surface area contributed by atoms with Crippen molar-refractivity contribution in [2.45, 2.75) is 0 Å². The van der Waals surface area contributed by atoms with Gasteiger partial charge in [0.2, 0.25) is 11.3 Å². The van der Waals surface area contributed by atoms with E-state index in [9.17, 15) is 19.2 Å². The van der Waals surface area contributed by atoms with Gasteiger partial charge in [0.05, 0.1) is 6.54 Å². The number of urea groups is 1. The van der Waals surface area contributed by atoms with E-state index in [4.69, 9.17) is 0 Å². The molecule has 0 aliphatic rings. The Balaban J connectivity index is 1.33. The number of aromatic amines is 1. The lowest BCUT2D eigenvalue weighted by molar-refractivity contribution is -0.115. The van der Waals surface area contributed by atoms with Crippen LogP contribution in [0.1, 0.15) is 10.4 Å². The molecule has 3 aromatic carbocycles. The van der Waals surface area contributed by atoms with E-state index in [0.29, 0.717) is 28.0 Å². The van der Waals surface area contributed by atoms with Gasteiger partial charge in [0.1, 0.15) is 5.56 Å². The third kappa shape index (κ3) is 5.46. The first-order chi connectivity index (χ1) is 16.5. The van der Waals surface area contributed by atoms with Gasteiger partial charge in [0, 0.05) is 34.2 Å². The van der Waals surface area contributed by atoms with E-state index in [1.165, 1.54) is 6.20 Å². The predicted molar refractivity (Wildman–Crippen MR) is 131 cm³/mol. The Hall–Kier alpha value is -4.92. The number of hydrogen-bond acceptors (Lipinski definition) is 4. The highest BCUT2D eigenvalue weighted by Crippen LogP contribution is 2.16. The number of pyridine rings is 1. The smallest absolute Gasteiger partial charge is 0.323 e. The summed E-state index contributed by atoms with van der Waals surface area (Å²) in [6, 6.07) is 22.0. The van der Waals surface area contributed by atoms with Crippen molar-refractivity contribution in [2.75, 3.05) is 22.5 Å². The average Bonchev–Trinajstić information content (AvgIpc) is 2.84. The van der Waals surface area contributed by atoms with E-state index in [1.807, 2.05) is 6.07 Å². The van der Waals surface area contributed by atoms with Gasteiger partial charge in [0.15, 0.2) is 0 Å². The molecule has 9 heteroatoms. The van der Waals surface area contributed by atoms with Crippen molar-refractivity contribution in [3.63, 3.8) is 0 Å². The second-order valence-corrected chi connectivity index (χ2v) is 7.33. The van der Waals surface area contributed by atoms with Crippen LogP contribution in [-0.4, -0.2) is 29.4 Å². The molecular formula is C25H21N5O4. The summed E-state index contributed by atoms with van der Waals surface area (Å²) in [6.07, 6.45) is 1.33. The van der Waals surface area contributed by atoms with Gasteiger partial charge in [-0.2, -0.15) is 0 Å². The van der Waals surface area contributed by atoms with Gasteiger partial charge in [-0.15, -0.1) is 0 Å². The number of aromatic nitrogens is 1. The van der Waals surface area contributed by atoms with Crippen molar-refractivity contribution >= 4 is 45.8 Å². The summed E-state index contributed by atoms with van der Waals surface area (Å²) in [4.78, 5) is 52.3. The molecule has 170 valence electrons. The SMILES string of the molecule is O=C(CNC(=O)c1c[nH]c2ccccc2c1=O)Nc1cccc(NC(=O)Nc2ccccc2)c1. The fraction of sp³-hybridized carbons (Fsp3) is 0.0400. The first-order valence-electron chi connectivity index (χ1n) is 10.4. The molecule has 0 bridgehead atoms. The number of para-hydroxylation sites is 2. The van der Waals surface area contributed by atoms with Crippen LogP contribution in [0.5, 0.6) is 0 Å². The Morgan fingerprint density at radius 3 is 2.18 bits per heavy atom. The molecular weight excluding hydrogens is 434 g/mol. The van der Waals surface area contributed by atoms with E-state index in [-0.39, 0.29) is 12.1 Å². The molecule has 0 radical (unpaired) electrons. The monoisotopic (exact) mass is 455 g/mol. The van der Waals surface area contributed by atoms with Gasteiger partial charge >= 0.3 is 6.03 Å². The topological polar surface area (TPSA) is 132 Å². The molecule has 0 spiro atoms. The number of rotatable bonds is 6. The minimum atomic E-state index is -0.657. The zero-order valence-corrected chi connectivity index (χ0v) is 17.9.